The van der Waals surface area contributed by atoms with Crippen molar-refractivity contribution < 1.29 is 4.79 Å². The second kappa shape index (κ2) is 3.09. The fraction of sp³-hybridized carbons (Fsp3) is 0.462. The lowest BCUT2D eigenvalue weighted by molar-refractivity contribution is -0.120. The summed E-state index contributed by atoms with van der Waals surface area (Å²) in [5.74, 6) is 0.522. The summed E-state index contributed by atoms with van der Waals surface area (Å²) in [6, 6.07) is 8.77. The third kappa shape index (κ3) is 1.21. The fourth-order valence-electron chi connectivity index (χ4n) is 2.87. The maximum absolute atomic E-state index is 12.0. The Hall–Kier alpha value is -1.31. The van der Waals surface area contributed by atoms with Crippen LogP contribution in [-0.2, 0) is 11.2 Å². The number of amides is 1. The standard InChI is InChI=1S/C13H15NO/c1-9-8-11-7-6-10-4-2-3-5-12(10)14(11)13(9)15/h2-5,9,11H,6-8H2,1H3/t9?,11-/m0/s1. The van der Waals surface area contributed by atoms with Gasteiger partial charge in [0, 0.05) is 17.6 Å². The predicted molar refractivity (Wildman–Crippen MR) is 59.8 cm³/mol. The van der Waals surface area contributed by atoms with E-state index in [-0.39, 0.29) is 5.92 Å². The highest BCUT2D eigenvalue weighted by Crippen LogP contribution is 2.38. The van der Waals surface area contributed by atoms with Crippen molar-refractivity contribution in [2.75, 3.05) is 4.90 Å². The molecule has 2 nitrogen and oxygen atoms in total. The summed E-state index contributed by atoms with van der Waals surface area (Å²) in [5.41, 5.74) is 2.49. The summed E-state index contributed by atoms with van der Waals surface area (Å²) in [6.07, 6.45) is 3.29. The molecule has 2 aliphatic rings. The molecule has 0 N–H and O–H groups in total. The highest BCUT2D eigenvalue weighted by atomic mass is 16.2. The molecule has 0 saturated carbocycles. The first-order valence-electron chi connectivity index (χ1n) is 5.68. The molecule has 15 heavy (non-hydrogen) atoms. The summed E-state index contributed by atoms with van der Waals surface area (Å²) < 4.78 is 0. The van der Waals surface area contributed by atoms with Crippen LogP contribution in [0, 0.1) is 5.92 Å². The van der Waals surface area contributed by atoms with E-state index in [0.717, 1.165) is 24.9 Å². The molecule has 78 valence electrons. The Bertz CT molecular complexity index is 413. The molecule has 1 saturated heterocycles. The van der Waals surface area contributed by atoms with E-state index >= 15 is 0 Å². The number of nitrogens with zero attached hydrogens (tertiary/aromatic N) is 1. The Labute approximate surface area is 89.9 Å². The van der Waals surface area contributed by atoms with E-state index in [2.05, 4.69) is 18.2 Å². The van der Waals surface area contributed by atoms with E-state index in [9.17, 15) is 4.79 Å². The number of anilines is 1. The summed E-state index contributed by atoms with van der Waals surface area (Å²) in [6.45, 7) is 2.04. The molecule has 0 aliphatic carbocycles. The summed E-state index contributed by atoms with van der Waals surface area (Å²) in [5, 5.41) is 0. The van der Waals surface area contributed by atoms with Crippen molar-refractivity contribution in [1.29, 1.82) is 0 Å². The molecule has 2 atom stereocenters. The third-order valence-corrected chi connectivity index (χ3v) is 3.65. The van der Waals surface area contributed by atoms with Crippen LogP contribution in [0.2, 0.25) is 0 Å². The van der Waals surface area contributed by atoms with Crippen LogP contribution in [0.4, 0.5) is 5.69 Å². The molecule has 0 radical (unpaired) electrons. The van der Waals surface area contributed by atoms with Gasteiger partial charge in [-0.2, -0.15) is 0 Å². The molecular weight excluding hydrogens is 186 g/mol. The van der Waals surface area contributed by atoms with Crippen LogP contribution in [0.15, 0.2) is 24.3 Å². The molecule has 1 fully saturated rings. The Morgan fingerprint density at radius 2 is 2.13 bits per heavy atom. The van der Waals surface area contributed by atoms with Gasteiger partial charge in [0.05, 0.1) is 0 Å². The first-order valence-corrected chi connectivity index (χ1v) is 5.68. The number of hydrogen-bond acceptors (Lipinski definition) is 1. The highest BCUT2D eigenvalue weighted by Gasteiger charge is 2.40. The number of aryl methyl sites for hydroxylation is 1. The van der Waals surface area contributed by atoms with Crippen LogP contribution in [-0.4, -0.2) is 11.9 Å². The van der Waals surface area contributed by atoms with Gasteiger partial charge in [-0.3, -0.25) is 4.79 Å². The topological polar surface area (TPSA) is 20.3 Å². The fourth-order valence-corrected chi connectivity index (χ4v) is 2.87. The monoisotopic (exact) mass is 201 g/mol. The van der Waals surface area contributed by atoms with E-state index in [0.29, 0.717) is 11.9 Å². The zero-order valence-corrected chi connectivity index (χ0v) is 8.94. The first kappa shape index (κ1) is 8.96. The van der Waals surface area contributed by atoms with Crippen molar-refractivity contribution in [3.8, 4) is 0 Å². The summed E-state index contributed by atoms with van der Waals surface area (Å²) >= 11 is 0. The lowest BCUT2D eigenvalue weighted by atomic mass is 9.96. The van der Waals surface area contributed by atoms with Crippen LogP contribution in [0.5, 0.6) is 0 Å². The molecule has 1 unspecified atom stereocenters. The highest BCUT2D eigenvalue weighted by molar-refractivity contribution is 5.98. The molecule has 2 aliphatic heterocycles. The average molecular weight is 201 g/mol. The predicted octanol–water partition coefficient (Wildman–Crippen LogP) is 2.37. The Morgan fingerprint density at radius 1 is 1.33 bits per heavy atom. The number of hydrogen-bond donors (Lipinski definition) is 0. The minimum Gasteiger partial charge on any atom is -0.309 e. The van der Waals surface area contributed by atoms with Gasteiger partial charge in [0.15, 0.2) is 0 Å². The molecule has 3 rings (SSSR count). The zero-order chi connectivity index (χ0) is 10.4. The minimum atomic E-state index is 0.209. The molecule has 0 bridgehead atoms. The molecule has 1 amide bonds. The maximum atomic E-state index is 12.0. The SMILES string of the molecule is CC1C[C@@H]2CCc3ccccc3N2C1=O. The number of carbonyl (C=O) groups excluding carboxylic acids is 1. The van der Waals surface area contributed by atoms with Gasteiger partial charge in [-0.25, -0.2) is 0 Å². The van der Waals surface area contributed by atoms with Gasteiger partial charge in [0.25, 0.3) is 0 Å². The van der Waals surface area contributed by atoms with E-state index in [1.165, 1.54) is 5.56 Å². The molecule has 2 heteroatoms. The van der Waals surface area contributed by atoms with Crippen LogP contribution in [0.3, 0.4) is 0 Å². The number of benzene rings is 1. The molecule has 1 aromatic carbocycles. The Morgan fingerprint density at radius 3 is 3.00 bits per heavy atom. The van der Waals surface area contributed by atoms with Crippen molar-refractivity contribution >= 4 is 11.6 Å². The smallest absolute Gasteiger partial charge is 0.230 e. The summed E-state index contributed by atoms with van der Waals surface area (Å²) in [4.78, 5) is 14.1. The average Bonchev–Trinajstić information content (AvgIpc) is 2.55. The summed E-state index contributed by atoms with van der Waals surface area (Å²) in [7, 11) is 0. The molecule has 0 aromatic heterocycles. The number of carbonyl (C=O) groups is 1. The van der Waals surface area contributed by atoms with Crippen LogP contribution in [0.25, 0.3) is 0 Å². The van der Waals surface area contributed by atoms with Gasteiger partial charge >= 0.3 is 0 Å². The minimum absolute atomic E-state index is 0.209. The van der Waals surface area contributed by atoms with Crippen molar-refractivity contribution in [1.82, 2.24) is 0 Å². The Kier molecular flexibility index (Phi) is 1.84. The van der Waals surface area contributed by atoms with Gasteiger partial charge in [-0.1, -0.05) is 25.1 Å². The van der Waals surface area contributed by atoms with Crippen LogP contribution in [0.1, 0.15) is 25.3 Å². The van der Waals surface area contributed by atoms with Gasteiger partial charge < -0.3 is 4.90 Å². The lowest BCUT2D eigenvalue weighted by Gasteiger charge is -2.31. The number of fused-ring (bicyclic) bond motifs is 3. The molecule has 2 heterocycles. The van der Waals surface area contributed by atoms with Crippen molar-refractivity contribution in [2.45, 2.75) is 32.2 Å². The quantitative estimate of drug-likeness (QED) is 0.631. The van der Waals surface area contributed by atoms with E-state index < -0.39 is 0 Å². The Balaban J connectivity index is 2.08. The second-order valence-electron chi connectivity index (χ2n) is 4.67. The maximum Gasteiger partial charge on any atom is 0.230 e. The number of para-hydroxylation sites is 1. The zero-order valence-electron chi connectivity index (χ0n) is 8.94. The van der Waals surface area contributed by atoms with Gasteiger partial charge in [0.2, 0.25) is 5.91 Å². The van der Waals surface area contributed by atoms with E-state index in [1.807, 2.05) is 17.9 Å². The number of rotatable bonds is 0. The van der Waals surface area contributed by atoms with Crippen molar-refractivity contribution in [2.24, 2.45) is 5.92 Å². The first-order chi connectivity index (χ1) is 7.27. The van der Waals surface area contributed by atoms with E-state index in [4.69, 9.17) is 0 Å². The third-order valence-electron chi connectivity index (χ3n) is 3.65. The lowest BCUT2D eigenvalue weighted by Crippen LogP contribution is -2.37. The van der Waals surface area contributed by atoms with Gasteiger partial charge in [0.1, 0.15) is 0 Å². The van der Waals surface area contributed by atoms with Crippen LogP contribution >= 0.6 is 0 Å². The van der Waals surface area contributed by atoms with Crippen molar-refractivity contribution in [3.63, 3.8) is 0 Å². The van der Waals surface area contributed by atoms with Crippen molar-refractivity contribution in [3.05, 3.63) is 29.8 Å². The molecule has 0 spiro atoms. The normalized spacial score (nSPS) is 28.9. The largest absolute Gasteiger partial charge is 0.309 e. The second-order valence-corrected chi connectivity index (χ2v) is 4.67. The van der Waals surface area contributed by atoms with Crippen LogP contribution < -0.4 is 4.90 Å². The molecular formula is C13H15NO. The van der Waals surface area contributed by atoms with E-state index in [1.54, 1.807) is 0 Å². The van der Waals surface area contributed by atoms with Gasteiger partial charge in [-0.15, -0.1) is 0 Å². The van der Waals surface area contributed by atoms with Gasteiger partial charge in [-0.05, 0) is 30.9 Å². The molecule has 1 aromatic rings.